The van der Waals surface area contributed by atoms with E-state index in [1.807, 2.05) is 74.4 Å². The summed E-state index contributed by atoms with van der Waals surface area (Å²) in [5.41, 5.74) is 3.93. The topological polar surface area (TPSA) is 91.4 Å². The number of benzene rings is 3. The number of ether oxygens (including phenoxy) is 3. The van der Waals surface area contributed by atoms with E-state index in [0.717, 1.165) is 22.4 Å². The van der Waals surface area contributed by atoms with Gasteiger partial charge in [0.25, 0.3) is 10.1 Å². The van der Waals surface area contributed by atoms with E-state index < -0.39 is 10.1 Å². The molecule has 8 nitrogen and oxygen atoms in total. The maximum atomic E-state index is 12.2. The molecule has 0 unspecified atom stereocenters. The van der Waals surface area contributed by atoms with Gasteiger partial charge in [-0.15, -0.1) is 0 Å². The third-order valence-electron chi connectivity index (χ3n) is 5.81. The maximum Gasteiger partial charge on any atom is 0.297 e. The molecule has 0 aromatic heterocycles. The molecule has 3 aromatic carbocycles. The van der Waals surface area contributed by atoms with Crippen molar-refractivity contribution in [2.24, 2.45) is 0 Å². The van der Waals surface area contributed by atoms with Gasteiger partial charge in [0.05, 0.1) is 37.9 Å². The van der Waals surface area contributed by atoms with Gasteiger partial charge in [-0.2, -0.15) is 8.42 Å². The fraction of sp³-hybridized carbons (Fsp3) is 0.281. The molecule has 0 saturated carbocycles. The Morgan fingerprint density at radius 3 is 1.78 bits per heavy atom. The number of allylic oxidation sites excluding steroid dienone is 2. The van der Waals surface area contributed by atoms with Gasteiger partial charge in [-0.05, 0) is 66.6 Å². The largest absolute Gasteiger partial charge is 0.491 e. The van der Waals surface area contributed by atoms with E-state index in [-0.39, 0.29) is 23.9 Å². The van der Waals surface area contributed by atoms with Crippen LogP contribution in [-0.2, 0) is 28.6 Å². The molecule has 0 atom stereocenters. The van der Waals surface area contributed by atoms with Gasteiger partial charge in [0.15, 0.2) is 5.78 Å². The van der Waals surface area contributed by atoms with Crippen LogP contribution in [0.15, 0.2) is 89.8 Å². The first kappa shape index (κ1) is 31.8. The summed E-state index contributed by atoms with van der Waals surface area (Å²) in [5, 5.41) is 0. The number of aryl methyl sites for hydroxylation is 1. The van der Waals surface area contributed by atoms with Crippen LogP contribution in [0.4, 0.5) is 5.69 Å². The van der Waals surface area contributed by atoms with Crippen molar-refractivity contribution in [3.05, 3.63) is 102 Å². The molecule has 0 bridgehead atoms. The summed E-state index contributed by atoms with van der Waals surface area (Å²) in [6.45, 7) is 3.36. The second kappa shape index (κ2) is 16.5. The van der Waals surface area contributed by atoms with Crippen LogP contribution in [0.3, 0.4) is 0 Å². The van der Waals surface area contributed by atoms with E-state index in [4.69, 9.17) is 18.4 Å². The van der Waals surface area contributed by atoms with Gasteiger partial charge in [-0.3, -0.25) is 8.98 Å². The van der Waals surface area contributed by atoms with Crippen molar-refractivity contribution in [1.29, 1.82) is 0 Å². The minimum absolute atomic E-state index is 0.0684. The number of ketones is 1. The Morgan fingerprint density at radius 2 is 1.22 bits per heavy atom. The van der Waals surface area contributed by atoms with Crippen LogP contribution in [0.2, 0.25) is 0 Å². The van der Waals surface area contributed by atoms with Crippen LogP contribution >= 0.6 is 0 Å². The molecule has 0 aliphatic rings. The lowest BCUT2D eigenvalue weighted by molar-refractivity contribution is -0.110. The summed E-state index contributed by atoms with van der Waals surface area (Å²) in [6, 6.07) is 21.9. The molecule has 3 rings (SSSR count). The second-order valence-electron chi connectivity index (χ2n) is 9.29. The molecule has 0 heterocycles. The molecule has 0 aliphatic heterocycles. The summed E-state index contributed by atoms with van der Waals surface area (Å²) in [6.07, 6.45) is 6.64. The second-order valence-corrected chi connectivity index (χ2v) is 10.9. The number of rotatable bonds is 17. The van der Waals surface area contributed by atoms with Gasteiger partial charge in [0, 0.05) is 19.8 Å². The molecule has 41 heavy (non-hydrogen) atoms. The Labute approximate surface area is 242 Å². The maximum absolute atomic E-state index is 12.2. The van der Waals surface area contributed by atoms with Gasteiger partial charge >= 0.3 is 0 Å². The zero-order valence-corrected chi connectivity index (χ0v) is 24.5. The molecule has 0 fully saturated rings. The third-order valence-corrected chi connectivity index (χ3v) is 7.14. The van der Waals surface area contributed by atoms with Crippen LogP contribution in [0.25, 0.3) is 12.2 Å². The van der Waals surface area contributed by atoms with E-state index in [2.05, 4.69) is 0 Å². The van der Waals surface area contributed by atoms with Crippen LogP contribution in [0.1, 0.15) is 16.7 Å². The fourth-order valence-electron chi connectivity index (χ4n) is 3.49. The number of hydrogen-bond acceptors (Lipinski definition) is 8. The standard InChI is InChI=1S/C32H37NO7S/c1-26-4-18-32(19-5-26)41(35,36)40-25-23-38-21-20-37-22-24-39-31-16-10-28(11-17-31)9-15-30(34)14-8-27-6-12-29(13-7-27)33(2)3/h4-19H,20-25H2,1-3H3/b14-8+,15-9+. The van der Waals surface area contributed by atoms with Crippen molar-refractivity contribution in [3.8, 4) is 5.75 Å². The number of carbonyl (C=O) groups excluding carboxylic acids is 1. The zero-order valence-electron chi connectivity index (χ0n) is 23.7. The number of anilines is 1. The lowest BCUT2D eigenvalue weighted by atomic mass is 10.1. The quantitative estimate of drug-likeness (QED) is 0.123. The highest BCUT2D eigenvalue weighted by Gasteiger charge is 2.14. The van der Waals surface area contributed by atoms with Gasteiger partial charge in [0.1, 0.15) is 12.4 Å². The summed E-state index contributed by atoms with van der Waals surface area (Å²) < 4.78 is 45.7. The number of carbonyl (C=O) groups is 1. The monoisotopic (exact) mass is 579 g/mol. The fourth-order valence-corrected chi connectivity index (χ4v) is 4.38. The molecular weight excluding hydrogens is 542 g/mol. The highest BCUT2D eigenvalue weighted by atomic mass is 32.2. The molecule has 9 heteroatoms. The van der Waals surface area contributed by atoms with Crippen molar-refractivity contribution in [3.63, 3.8) is 0 Å². The average Bonchev–Trinajstić information content (AvgIpc) is 2.97. The average molecular weight is 580 g/mol. The van der Waals surface area contributed by atoms with Gasteiger partial charge in [-0.1, -0.05) is 54.1 Å². The molecule has 0 saturated heterocycles. The first-order valence-electron chi connectivity index (χ1n) is 13.2. The van der Waals surface area contributed by atoms with Crippen LogP contribution in [0.5, 0.6) is 5.75 Å². The van der Waals surface area contributed by atoms with Crippen molar-refractivity contribution < 1.29 is 31.6 Å². The Morgan fingerprint density at radius 1 is 0.707 bits per heavy atom. The van der Waals surface area contributed by atoms with Crippen LogP contribution < -0.4 is 9.64 Å². The number of hydrogen-bond donors (Lipinski definition) is 0. The SMILES string of the molecule is Cc1ccc(S(=O)(=O)OCCOCCOCCOc2ccc(/C=C/C(=O)/C=C/c3ccc(N(C)C)cc3)cc2)cc1. The van der Waals surface area contributed by atoms with Crippen molar-refractivity contribution >= 4 is 33.7 Å². The summed E-state index contributed by atoms with van der Waals surface area (Å²) in [5.74, 6) is 0.601. The summed E-state index contributed by atoms with van der Waals surface area (Å²) in [4.78, 5) is 14.3. The van der Waals surface area contributed by atoms with E-state index in [1.165, 1.54) is 18.2 Å². The smallest absolute Gasteiger partial charge is 0.297 e. The van der Waals surface area contributed by atoms with Crippen LogP contribution in [0, 0.1) is 6.92 Å². The van der Waals surface area contributed by atoms with E-state index in [0.29, 0.717) is 32.2 Å². The molecule has 0 radical (unpaired) electrons. The first-order chi connectivity index (χ1) is 19.7. The van der Waals surface area contributed by atoms with Crippen molar-refractivity contribution in [1.82, 2.24) is 0 Å². The minimum atomic E-state index is -3.78. The zero-order chi connectivity index (χ0) is 29.5. The van der Waals surface area contributed by atoms with Crippen molar-refractivity contribution in [2.45, 2.75) is 11.8 Å². The highest BCUT2D eigenvalue weighted by Crippen LogP contribution is 2.15. The number of nitrogens with zero attached hydrogens (tertiary/aromatic N) is 1. The third kappa shape index (κ3) is 11.7. The molecule has 3 aromatic rings. The minimum Gasteiger partial charge on any atom is -0.491 e. The molecule has 0 amide bonds. The molecule has 0 N–H and O–H groups in total. The first-order valence-corrected chi connectivity index (χ1v) is 14.7. The Hall–Kier alpha value is -3.76. The lowest BCUT2D eigenvalue weighted by Gasteiger charge is -2.11. The predicted molar refractivity (Wildman–Crippen MR) is 162 cm³/mol. The molecule has 0 spiro atoms. The summed E-state index contributed by atoms with van der Waals surface area (Å²) >= 11 is 0. The van der Waals surface area contributed by atoms with E-state index >= 15 is 0 Å². The van der Waals surface area contributed by atoms with E-state index in [1.54, 1.807) is 30.4 Å². The highest BCUT2D eigenvalue weighted by molar-refractivity contribution is 7.86. The van der Waals surface area contributed by atoms with Crippen molar-refractivity contribution in [2.75, 3.05) is 58.6 Å². The Balaban J connectivity index is 1.24. The van der Waals surface area contributed by atoms with Gasteiger partial charge in [0.2, 0.25) is 0 Å². The lowest BCUT2D eigenvalue weighted by Crippen LogP contribution is -2.14. The van der Waals surface area contributed by atoms with E-state index in [9.17, 15) is 13.2 Å². The molecule has 0 aliphatic carbocycles. The molecule has 218 valence electrons. The predicted octanol–water partition coefficient (Wildman–Crippen LogP) is 5.17. The Bertz CT molecular complexity index is 1380. The van der Waals surface area contributed by atoms with Gasteiger partial charge < -0.3 is 19.1 Å². The summed E-state index contributed by atoms with van der Waals surface area (Å²) in [7, 11) is 0.186. The van der Waals surface area contributed by atoms with Gasteiger partial charge in [-0.25, -0.2) is 0 Å². The molecular formula is C32H37NO7S. The Kier molecular flexibility index (Phi) is 12.8. The normalized spacial score (nSPS) is 11.8. The van der Waals surface area contributed by atoms with Crippen LogP contribution in [-0.4, -0.2) is 67.9 Å².